The van der Waals surface area contributed by atoms with Crippen LogP contribution in [0.2, 0.25) is 0 Å². The summed E-state index contributed by atoms with van der Waals surface area (Å²) in [6, 6.07) is 10.1. The third-order valence-electron chi connectivity index (χ3n) is 1.71. The Kier molecular flexibility index (Phi) is 2.15. The lowest BCUT2D eigenvalue weighted by atomic mass is 10.1. The van der Waals surface area contributed by atoms with E-state index < -0.39 is 0 Å². The second-order valence-electron chi connectivity index (χ2n) is 2.57. The second kappa shape index (κ2) is 3.29. The first-order chi connectivity index (χ1) is 5.86. The maximum Gasteiger partial charge on any atom is 0.131 e. The van der Waals surface area contributed by atoms with E-state index in [9.17, 15) is 0 Å². The lowest BCUT2D eigenvalue weighted by Crippen LogP contribution is -2.04. The molecule has 1 aliphatic heterocycles. The molecule has 1 heterocycles. The van der Waals surface area contributed by atoms with Crippen LogP contribution in [0, 0.1) is 0 Å². The molecule has 0 aliphatic carbocycles. The van der Waals surface area contributed by atoms with E-state index in [2.05, 4.69) is 21.4 Å². The first kappa shape index (κ1) is 7.83. The molecule has 0 amide bonds. The molecule has 0 bridgehead atoms. The SMILES string of the molecule is BrC1=C[C@H](c2ccccc2)ON1. The summed E-state index contributed by atoms with van der Waals surface area (Å²) in [6.07, 6.45) is 2.01. The normalized spacial score (nSPS) is 21.8. The minimum absolute atomic E-state index is 0.0283. The molecule has 1 aromatic rings. The Morgan fingerprint density at radius 1 is 1.25 bits per heavy atom. The topological polar surface area (TPSA) is 21.3 Å². The highest BCUT2D eigenvalue weighted by molar-refractivity contribution is 9.11. The minimum atomic E-state index is 0.0283. The Bertz CT molecular complexity index is 297. The van der Waals surface area contributed by atoms with Crippen LogP contribution in [-0.2, 0) is 4.84 Å². The van der Waals surface area contributed by atoms with Crippen molar-refractivity contribution >= 4 is 15.9 Å². The molecule has 0 fully saturated rings. The van der Waals surface area contributed by atoms with Gasteiger partial charge < -0.3 is 0 Å². The van der Waals surface area contributed by atoms with E-state index in [0.717, 1.165) is 10.2 Å². The summed E-state index contributed by atoms with van der Waals surface area (Å²) in [5.74, 6) is 0. The summed E-state index contributed by atoms with van der Waals surface area (Å²) in [5.41, 5.74) is 3.90. The van der Waals surface area contributed by atoms with Gasteiger partial charge >= 0.3 is 0 Å². The van der Waals surface area contributed by atoms with Crippen molar-refractivity contribution in [2.45, 2.75) is 6.10 Å². The zero-order valence-corrected chi connectivity index (χ0v) is 7.91. The Labute approximate surface area is 79.3 Å². The van der Waals surface area contributed by atoms with Gasteiger partial charge in [-0.15, -0.1) is 0 Å². The molecule has 0 saturated carbocycles. The Balaban J connectivity index is 2.22. The van der Waals surface area contributed by atoms with Crippen molar-refractivity contribution in [1.82, 2.24) is 5.48 Å². The Morgan fingerprint density at radius 2 is 2.00 bits per heavy atom. The highest BCUT2D eigenvalue weighted by Gasteiger charge is 2.15. The predicted octanol–water partition coefficient (Wildman–Crippen LogP) is 2.50. The van der Waals surface area contributed by atoms with E-state index in [-0.39, 0.29) is 6.10 Å². The lowest BCUT2D eigenvalue weighted by Gasteiger charge is -2.05. The molecule has 2 rings (SSSR count). The molecule has 1 aliphatic rings. The van der Waals surface area contributed by atoms with Crippen molar-refractivity contribution in [3.05, 3.63) is 46.6 Å². The fraction of sp³-hybridized carbons (Fsp3) is 0.111. The molecule has 0 saturated heterocycles. The minimum Gasteiger partial charge on any atom is -0.263 e. The molecule has 0 aromatic heterocycles. The van der Waals surface area contributed by atoms with Gasteiger partial charge in [-0.2, -0.15) is 0 Å². The van der Waals surface area contributed by atoms with Crippen LogP contribution in [0.3, 0.4) is 0 Å². The fourth-order valence-corrected chi connectivity index (χ4v) is 1.46. The lowest BCUT2D eigenvalue weighted by molar-refractivity contribution is 0.0458. The number of rotatable bonds is 1. The van der Waals surface area contributed by atoms with Crippen LogP contribution in [0.5, 0.6) is 0 Å². The first-order valence-corrected chi connectivity index (χ1v) is 4.49. The van der Waals surface area contributed by atoms with E-state index in [0.29, 0.717) is 0 Å². The third-order valence-corrected chi connectivity index (χ3v) is 2.14. The maximum absolute atomic E-state index is 5.26. The molecular weight excluding hydrogens is 218 g/mol. The standard InChI is InChI=1S/C9H8BrNO/c10-9-6-8(12-11-9)7-4-2-1-3-5-7/h1-6,8,11H/t8-/m1/s1. The molecule has 1 atom stereocenters. The van der Waals surface area contributed by atoms with Crippen molar-refractivity contribution in [2.24, 2.45) is 0 Å². The quantitative estimate of drug-likeness (QED) is 0.743. The van der Waals surface area contributed by atoms with E-state index >= 15 is 0 Å². The summed E-state index contributed by atoms with van der Waals surface area (Å²) in [5, 5.41) is 0. The van der Waals surface area contributed by atoms with Gasteiger partial charge in [0.1, 0.15) is 10.7 Å². The first-order valence-electron chi connectivity index (χ1n) is 3.70. The van der Waals surface area contributed by atoms with Gasteiger partial charge in [-0.3, -0.25) is 10.3 Å². The van der Waals surface area contributed by atoms with Gasteiger partial charge in [0.05, 0.1) is 0 Å². The molecule has 12 heavy (non-hydrogen) atoms. The van der Waals surface area contributed by atoms with Crippen LogP contribution in [-0.4, -0.2) is 0 Å². The third kappa shape index (κ3) is 1.52. The molecule has 3 heteroatoms. The number of benzene rings is 1. The molecule has 0 radical (unpaired) electrons. The van der Waals surface area contributed by atoms with Crippen LogP contribution in [0.1, 0.15) is 11.7 Å². The highest BCUT2D eigenvalue weighted by Crippen LogP contribution is 2.25. The summed E-state index contributed by atoms with van der Waals surface area (Å²) in [7, 11) is 0. The summed E-state index contributed by atoms with van der Waals surface area (Å²) in [6.45, 7) is 0. The number of halogens is 1. The van der Waals surface area contributed by atoms with E-state index in [1.807, 2.05) is 36.4 Å². The summed E-state index contributed by atoms with van der Waals surface area (Å²) in [4.78, 5) is 5.26. The molecule has 2 nitrogen and oxygen atoms in total. The second-order valence-corrected chi connectivity index (χ2v) is 3.42. The molecule has 1 N–H and O–H groups in total. The van der Waals surface area contributed by atoms with Gasteiger partial charge in [0, 0.05) is 0 Å². The van der Waals surface area contributed by atoms with Crippen molar-refractivity contribution in [3.8, 4) is 0 Å². The summed E-state index contributed by atoms with van der Waals surface area (Å²) < 4.78 is 0.886. The van der Waals surface area contributed by atoms with Gasteiger partial charge in [0.15, 0.2) is 0 Å². The van der Waals surface area contributed by atoms with Crippen LogP contribution in [0.4, 0.5) is 0 Å². The predicted molar refractivity (Wildman–Crippen MR) is 50.4 cm³/mol. The van der Waals surface area contributed by atoms with Crippen molar-refractivity contribution in [2.75, 3.05) is 0 Å². The van der Waals surface area contributed by atoms with Crippen molar-refractivity contribution < 1.29 is 4.84 Å². The monoisotopic (exact) mass is 225 g/mol. The average Bonchev–Trinajstić information content (AvgIpc) is 2.54. The van der Waals surface area contributed by atoms with Gasteiger partial charge in [0.2, 0.25) is 0 Å². The van der Waals surface area contributed by atoms with E-state index in [1.165, 1.54) is 0 Å². The van der Waals surface area contributed by atoms with Gasteiger partial charge in [-0.1, -0.05) is 30.3 Å². The van der Waals surface area contributed by atoms with Crippen LogP contribution < -0.4 is 5.48 Å². The number of hydrogen-bond acceptors (Lipinski definition) is 2. The van der Waals surface area contributed by atoms with Crippen LogP contribution >= 0.6 is 15.9 Å². The largest absolute Gasteiger partial charge is 0.263 e. The summed E-state index contributed by atoms with van der Waals surface area (Å²) >= 11 is 3.30. The molecule has 1 aromatic carbocycles. The Morgan fingerprint density at radius 3 is 2.58 bits per heavy atom. The number of hydrogen-bond donors (Lipinski definition) is 1. The van der Waals surface area contributed by atoms with E-state index in [1.54, 1.807) is 0 Å². The van der Waals surface area contributed by atoms with Gasteiger partial charge in [-0.05, 0) is 27.6 Å². The zero-order valence-electron chi connectivity index (χ0n) is 6.33. The smallest absolute Gasteiger partial charge is 0.131 e. The number of hydroxylamine groups is 1. The van der Waals surface area contributed by atoms with Gasteiger partial charge in [-0.25, -0.2) is 0 Å². The molecule has 0 unspecified atom stereocenters. The van der Waals surface area contributed by atoms with Gasteiger partial charge in [0.25, 0.3) is 0 Å². The van der Waals surface area contributed by atoms with Crippen LogP contribution in [0.15, 0.2) is 41.0 Å². The molecule has 62 valence electrons. The highest BCUT2D eigenvalue weighted by atomic mass is 79.9. The average molecular weight is 226 g/mol. The van der Waals surface area contributed by atoms with E-state index in [4.69, 9.17) is 4.84 Å². The van der Waals surface area contributed by atoms with Crippen molar-refractivity contribution in [3.63, 3.8) is 0 Å². The fourth-order valence-electron chi connectivity index (χ4n) is 1.13. The van der Waals surface area contributed by atoms with Crippen molar-refractivity contribution in [1.29, 1.82) is 0 Å². The maximum atomic E-state index is 5.26. The molecular formula is C9H8BrNO. The Hall–Kier alpha value is -0.800. The molecule has 0 spiro atoms. The zero-order chi connectivity index (χ0) is 8.39. The number of nitrogens with one attached hydrogen (secondary N) is 1. The van der Waals surface area contributed by atoms with Crippen LogP contribution in [0.25, 0.3) is 0 Å².